The van der Waals surface area contributed by atoms with E-state index in [4.69, 9.17) is 5.73 Å². The van der Waals surface area contributed by atoms with Crippen molar-refractivity contribution in [3.63, 3.8) is 0 Å². The summed E-state index contributed by atoms with van der Waals surface area (Å²) < 4.78 is 13.2. The zero-order valence-electron chi connectivity index (χ0n) is 11.0. The quantitative estimate of drug-likeness (QED) is 0.848. The summed E-state index contributed by atoms with van der Waals surface area (Å²) in [6.07, 6.45) is 4.00. The molecule has 1 saturated heterocycles. The highest BCUT2D eigenvalue weighted by molar-refractivity contribution is 5.17. The monoisotopic (exact) mass is 252 g/mol. The largest absolute Gasteiger partial charge is 0.323 e. The number of hydrogen-bond donors (Lipinski definition) is 1. The number of pyridine rings is 1. The minimum Gasteiger partial charge on any atom is -0.323 e. The van der Waals surface area contributed by atoms with Crippen LogP contribution in [0, 0.1) is 5.82 Å². The molecular weight excluding hydrogens is 231 g/mol. The summed E-state index contributed by atoms with van der Waals surface area (Å²) in [5.74, 6) is -0.326. The molecule has 1 aliphatic rings. The Morgan fingerprint density at radius 2 is 2.17 bits per heavy atom. The summed E-state index contributed by atoms with van der Waals surface area (Å²) in [5, 5.41) is 0. The van der Waals surface area contributed by atoms with E-state index in [1.807, 2.05) is 0 Å². The van der Waals surface area contributed by atoms with Crippen molar-refractivity contribution in [3.8, 4) is 0 Å². The summed E-state index contributed by atoms with van der Waals surface area (Å²) in [4.78, 5) is 8.42. The molecular formula is C13H21FN4. The molecule has 2 N–H and O–H groups in total. The zero-order chi connectivity index (χ0) is 13.1. The van der Waals surface area contributed by atoms with E-state index < -0.39 is 0 Å². The lowest BCUT2D eigenvalue weighted by Gasteiger charge is -2.32. The molecule has 4 nitrogen and oxygen atoms in total. The van der Waals surface area contributed by atoms with E-state index in [1.165, 1.54) is 12.3 Å². The van der Waals surface area contributed by atoms with Gasteiger partial charge in [-0.2, -0.15) is 0 Å². The first kappa shape index (κ1) is 13.4. The third kappa shape index (κ3) is 3.04. The lowest BCUT2D eigenvalue weighted by molar-refractivity contribution is 0.196. The second-order valence-electron chi connectivity index (χ2n) is 5.13. The van der Waals surface area contributed by atoms with Crippen LogP contribution in [0.25, 0.3) is 0 Å². The van der Waals surface area contributed by atoms with Crippen LogP contribution in [-0.2, 0) is 0 Å². The minimum absolute atomic E-state index is 0.195. The molecule has 0 bridgehead atoms. The third-order valence-corrected chi connectivity index (χ3v) is 3.64. The zero-order valence-corrected chi connectivity index (χ0v) is 11.0. The van der Waals surface area contributed by atoms with E-state index in [9.17, 15) is 4.39 Å². The Bertz CT molecular complexity index is 398. The molecule has 1 fully saturated rings. The van der Waals surface area contributed by atoms with Gasteiger partial charge in [-0.05, 0) is 45.2 Å². The van der Waals surface area contributed by atoms with E-state index in [1.54, 1.807) is 6.20 Å². The van der Waals surface area contributed by atoms with Gasteiger partial charge in [0, 0.05) is 24.8 Å². The lowest BCUT2D eigenvalue weighted by atomic mass is 10.0. The van der Waals surface area contributed by atoms with Crippen molar-refractivity contribution in [2.24, 2.45) is 5.73 Å². The normalized spacial score (nSPS) is 24.8. The first-order valence-corrected chi connectivity index (χ1v) is 6.32. The molecule has 2 atom stereocenters. The maximum Gasteiger partial charge on any atom is 0.141 e. The van der Waals surface area contributed by atoms with Crippen LogP contribution in [0.5, 0.6) is 0 Å². The van der Waals surface area contributed by atoms with Gasteiger partial charge in [-0.1, -0.05) is 0 Å². The fraction of sp³-hybridized carbons (Fsp3) is 0.615. The highest BCUT2D eigenvalue weighted by Gasteiger charge is 2.27. The summed E-state index contributed by atoms with van der Waals surface area (Å²) in [6, 6.07) is 1.47. The van der Waals surface area contributed by atoms with E-state index in [2.05, 4.69) is 28.9 Å². The molecule has 5 heteroatoms. The Morgan fingerprint density at radius 3 is 2.89 bits per heavy atom. The van der Waals surface area contributed by atoms with Gasteiger partial charge in [-0.25, -0.2) is 4.39 Å². The topological polar surface area (TPSA) is 45.4 Å². The Hall–Kier alpha value is -1.04. The van der Waals surface area contributed by atoms with Gasteiger partial charge in [-0.15, -0.1) is 0 Å². The van der Waals surface area contributed by atoms with Gasteiger partial charge in [-0.3, -0.25) is 4.98 Å². The lowest BCUT2D eigenvalue weighted by Crippen LogP contribution is -2.45. The minimum atomic E-state index is -0.326. The third-order valence-electron chi connectivity index (χ3n) is 3.64. The summed E-state index contributed by atoms with van der Waals surface area (Å²) in [5.41, 5.74) is 7.05. The van der Waals surface area contributed by atoms with Crippen LogP contribution >= 0.6 is 0 Å². The van der Waals surface area contributed by atoms with Crippen LogP contribution in [0.2, 0.25) is 0 Å². The van der Waals surface area contributed by atoms with Crippen LogP contribution in [0.1, 0.15) is 18.0 Å². The van der Waals surface area contributed by atoms with Gasteiger partial charge in [0.2, 0.25) is 0 Å². The molecule has 0 saturated carbocycles. The van der Waals surface area contributed by atoms with Crippen molar-refractivity contribution in [3.05, 3.63) is 29.8 Å². The highest BCUT2D eigenvalue weighted by Crippen LogP contribution is 2.20. The van der Waals surface area contributed by atoms with Gasteiger partial charge in [0.05, 0.1) is 6.20 Å². The molecule has 0 amide bonds. The first-order chi connectivity index (χ1) is 8.58. The number of nitrogens with zero attached hydrogens (tertiary/aromatic N) is 3. The van der Waals surface area contributed by atoms with Crippen LogP contribution in [0.4, 0.5) is 4.39 Å². The van der Waals surface area contributed by atoms with Crippen LogP contribution in [0.3, 0.4) is 0 Å². The van der Waals surface area contributed by atoms with Crippen molar-refractivity contribution in [2.45, 2.75) is 18.5 Å². The Morgan fingerprint density at radius 1 is 1.39 bits per heavy atom. The van der Waals surface area contributed by atoms with E-state index in [0.717, 1.165) is 31.6 Å². The first-order valence-electron chi connectivity index (χ1n) is 6.32. The van der Waals surface area contributed by atoms with Crippen LogP contribution in [-0.4, -0.2) is 54.6 Å². The standard InChI is InChI=1S/C13H21FN4/c1-17-4-3-5-18(2)12(9-17)13(15)10-6-11(14)8-16-7-10/h6-8,12-13H,3-5,9,15H2,1-2H3. The molecule has 1 aromatic heterocycles. The van der Waals surface area contributed by atoms with Gasteiger partial charge in [0.1, 0.15) is 5.82 Å². The number of aromatic nitrogens is 1. The molecule has 1 aromatic rings. The molecule has 2 unspecified atom stereocenters. The van der Waals surface area contributed by atoms with Crippen molar-refractivity contribution >= 4 is 0 Å². The average molecular weight is 252 g/mol. The van der Waals surface area contributed by atoms with Gasteiger partial charge < -0.3 is 15.5 Å². The molecule has 2 heterocycles. The van der Waals surface area contributed by atoms with E-state index >= 15 is 0 Å². The summed E-state index contributed by atoms with van der Waals surface area (Å²) >= 11 is 0. The second kappa shape index (κ2) is 5.73. The number of likely N-dealkylation sites (N-methyl/N-ethyl adjacent to an activating group) is 2. The van der Waals surface area contributed by atoms with Gasteiger partial charge in [0.25, 0.3) is 0 Å². The van der Waals surface area contributed by atoms with Gasteiger partial charge in [0.15, 0.2) is 0 Å². The molecule has 2 rings (SSSR count). The Labute approximate surface area is 108 Å². The number of rotatable bonds is 2. The summed E-state index contributed by atoms with van der Waals surface area (Å²) in [6.45, 7) is 2.99. The highest BCUT2D eigenvalue weighted by atomic mass is 19.1. The molecule has 100 valence electrons. The number of hydrogen-bond acceptors (Lipinski definition) is 4. The predicted octanol–water partition coefficient (Wildman–Crippen LogP) is 0.856. The average Bonchev–Trinajstić information content (AvgIpc) is 2.50. The smallest absolute Gasteiger partial charge is 0.141 e. The van der Waals surface area contributed by atoms with E-state index in [-0.39, 0.29) is 17.9 Å². The fourth-order valence-electron chi connectivity index (χ4n) is 2.53. The second-order valence-corrected chi connectivity index (χ2v) is 5.13. The fourth-order valence-corrected chi connectivity index (χ4v) is 2.53. The van der Waals surface area contributed by atoms with Crippen LogP contribution < -0.4 is 5.73 Å². The van der Waals surface area contributed by atoms with E-state index in [0.29, 0.717) is 0 Å². The van der Waals surface area contributed by atoms with Gasteiger partial charge >= 0.3 is 0 Å². The van der Waals surface area contributed by atoms with Crippen LogP contribution in [0.15, 0.2) is 18.5 Å². The molecule has 0 spiro atoms. The molecule has 0 aliphatic carbocycles. The SMILES string of the molecule is CN1CCCN(C)C(C(N)c2cncc(F)c2)C1. The summed E-state index contributed by atoms with van der Waals surface area (Å²) in [7, 11) is 4.18. The number of halogens is 1. The molecule has 1 aliphatic heterocycles. The van der Waals surface area contributed by atoms with Crippen molar-refractivity contribution in [2.75, 3.05) is 33.7 Å². The Balaban J connectivity index is 2.17. The number of nitrogens with two attached hydrogens (primary N) is 1. The molecule has 0 aromatic carbocycles. The van der Waals surface area contributed by atoms with Crippen molar-refractivity contribution < 1.29 is 4.39 Å². The van der Waals surface area contributed by atoms with Crippen molar-refractivity contribution in [1.29, 1.82) is 0 Å². The predicted molar refractivity (Wildman–Crippen MR) is 69.7 cm³/mol. The maximum absolute atomic E-state index is 13.2. The Kier molecular flexibility index (Phi) is 4.27. The molecule has 0 radical (unpaired) electrons. The maximum atomic E-state index is 13.2. The van der Waals surface area contributed by atoms with Crippen molar-refractivity contribution in [1.82, 2.24) is 14.8 Å². The molecule has 18 heavy (non-hydrogen) atoms.